The van der Waals surface area contributed by atoms with E-state index in [1.807, 2.05) is 72.8 Å². The number of carbonyl (C=O) groups is 2. The lowest BCUT2D eigenvalue weighted by Crippen LogP contribution is -2.51. The third-order valence-corrected chi connectivity index (χ3v) is 6.26. The summed E-state index contributed by atoms with van der Waals surface area (Å²) in [6.07, 6.45) is 9.44. The minimum absolute atomic E-state index is 0.205. The van der Waals surface area contributed by atoms with Crippen molar-refractivity contribution in [2.75, 3.05) is 4.90 Å². The molecule has 0 aliphatic carbocycles. The maximum Gasteiger partial charge on any atom is 0.322 e. The van der Waals surface area contributed by atoms with Gasteiger partial charge in [-0.15, -0.1) is 6.42 Å². The number of nitrogens with zero attached hydrogens (tertiary/aromatic N) is 2. The number of para-hydroxylation sites is 1. The molecule has 5 rings (SSSR count). The van der Waals surface area contributed by atoms with E-state index in [9.17, 15) is 9.59 Å². The fraction of sp³-hybridized carbons (Fsp3) is 0.138. The lowest BCUT2D eigenvalue weighted by atomic mass is 10.0. The first-order valence-corrected chi connectivity index (χ1v) is 11.4. The second-order valence-electron chi connectivity index (χ2n) is 8.45. The Kier molecular flexibility index (Phi) is 6.15. The molecular formula is C29H24N4O2. The number of pyridine rings is 1. The number of fused-ring (bicyclic) bond motifs is 2. The quantitative estimate of drug-likeness (QED) is 0.439. The Bertz CT molecular complexity index is 1440. The van der Waals surface area contributed by atoms with Crippen molar-refractivity contribution in [2.45, 2.75) is 25.6 Å². The molecule has 1 aliphatic heterocycles. The number of benzene rings is 3. The summed E-state index contributed by atoms with van der Waals surface area (Å²) in [5.41, 5.74) is 4.36. The van der Waals surface area contributed by atoms with Crippen LogP contribution in [0.4, 0.5) is 10.5 Å². The van der Waals surface area contributed by atoms with Crippen LogP contribution >= 0.6 is 0 Å². The lowest BCUT2D eigenvalue weighted by Gasteiger charge is -2.25. The number of amides is 3. The second-order valence-corrected chi connectivity index (χ2v) is 8.45. The molecule has 1 aromatic heterocycles. The van der Waals surface area contributed by atoms with Crippen molar-refractivity contribution in [1.29, 1.82) is 0 Å². The number of aromatic nitrogens is 1. The van der Waals surface area contributed by atoms with Gasteiger partial charge in [0.15, 0.2) is 0 Å². The molecule has 4 aromatic rings. The number of anilines is 1. The highest BCUT2D eigenvalue weighted by atomic mass is 16.2. The predicted octanol–water partition coefficient (Wildman–Crippen LogP) is 4.17. The van der Waals surface area contributed by atoms with Crippen LogP contribution in [0.2, 0.25) is 0 Å². The fourth-order valence-electron chi connectivity index (χ4n) is 4.49. The third-order valence-electron chi connectivity index (χ3n) is 6.26. The van der Waals surface area contributed by atoms with Crippen molar-refractivity contribution in [1.82, 2.24) is 15.6 Å². The molecular weight excluding hydrogens is 436 g/mol. The van der Waals surface area contributed by atoms with Gasteiger partial charge in [-0.3, -0.25) is 14.7 Å². The Morgan fingerprint density at radius 2 is 1.89 bits per heavy atom. The van der Waals surface area contributed by atoms with E-state index < -0.39 is 6.04 Å². The normalized spacial score (nSPS) is 14.3. The summed E-state index contributed by atoms with van der Waals surface area (Å²) in [6, 6.07) is 22.2. The molecule has 0 radical (unpaired) electrons. The van der Waals surface area contributed by atoms with Crippen molar-refractivity contribution in [3.63, 3.8) is 0 Å². The van der Waals surface area contributed by atoms with Crippen LogP contribution in [-0.4, -0.2) is 23.0 Å². The smallest absolute Gasteiger partial charge is 0.322 e. The highest BCUT2D eigenvalue weighted by Crippen LogP contribution is 2.32. The van der Waals surface area contributed by atoms with Crippen LogP contribution in [-0.2, 0) is 24.3 Å². The molecule has 0 unspecified atom stereocenters. The van der Waals surface area contributed by atoms with Gasteiger partial charge >= 0.3 is 6.03 Å². The number of carbonyl (C=O) groups excluding carboxylic acids is 2. The SMILES string of the molecule is C#Cc1ccc2cccc(CNC(=O)N3c4ccccc4C[C@H]3C(=O)NCc3cccnc3)c2c1. The summed E-state index contributed by atoms with van der Waals surface area (Å²) in [4.78, 5) is 32.2. The Morgan fingerprint density at radius 3 is 2.71 bits per heavy atom. The molecule has 0 spiro atoms. The molecule has 2 heterocycles. The summed E-state index contributed by atoms with van der Waals surface area (Å²) in [6.45, 7) is 0.662. The van der Waals surface area contributed by atoms with Crippen molar-refractivity contribution >= 4 is 28.4 Å². The van der Waals surface area contributed by atoms with E-state index >= 15 is 0 Å². The highest BCUT2D eigenvalue weighted by Gasteiger charge is 2.38. The van der Waals surface area contributed by atoms with Gasteiger partial charge in [0, 0.05) is 43.2 Å². The van der Waals surface area contributed by atoms with Gasteiger partial charge in [-0.25, -0.2) is 4.79 Å². The molecule has 0 saturated heterocycles. The molecule has 0 bridgehead atoms. The topological polar surface area (TPSA) is 74.3 Å². The van der Waals surface area contributed by atoms with Gasteiger partial charge in [-0.05, 0) is 51.7 Å². The number of nitrogens with one attached hydrogen (secondary N) is 2. The molecule has 3 aromatic carbocycles. The van der Waals surface area contributed by atoms with Gasteiger partial charge in [0.2, 0.25) is 5.91 Å². The van der Waals surface area contributed by atoms with E-state index in [-0.39, 0.29) is 11.9 Å². The maximum atomic E-state index is 13.4. The van der Waals surface area contributed by atoms with Gasteiger partial charge in [0.25, 0.3) is 0 Å². The lowest BCUT2D eigenvalue weighted by molar-refractivity contribution is -0.122. The minimum Gasteiger partial charge on any atom is -0.350 e. The number of hydrogen-bond acceptors (Lipinski definition) is 3. The zero-order valence-electron chi connectivity index (χ0n) is 19.1. The van der Waals surface area contributed by atoms with E-state index in [4.69, 9.17) is 6.42 Å². The van der Waals surface area contributed by atoms with Gasteiger partial charge in [0.1, 0.15) is 6.04 Å². The fourth-order valence-corrected chi connectivity index (χ4v) is 4.49. The zero-order valence-corrected chi connectivity index (χ0v) is 19.1. The van der Waals surface area contributed by atoms with Crippen LogP contribution in [0.1, 0.15) is 22.3 Å². The summed E-state index contributed by atoms with van der Waals surface area (Å²) < 4.78 is 0. The monoisotopic (exact) mass is 460 g/mol. The highest BCUT2D eigenvalue weighted by molar-refractivity contribution is 6.02. The number of urea groups is 1. The van der Waals surface area contributed by atoms with Crippen molar-refractivity contribution < 1.29 is 9.59 Å². The molecule has 2 N–H and O–H groups in total. The zero-order chi connectivity index (χ0) is 24.2. The molecule has 6 heteroatoms. The van der Waals surface area contributed by atoms with Crippen molar-refractivity contribution in [3.05, 3.63) is 107 Å². The van der Waals surface area contributed by atoms with Crippen LogP contribution in [0.15, 0.2) is 85.2 Å². The van der Waals surface area contributed by atoms with Gasteiger partial charge < -0.3 is 10.6 Å². The van der Waals surface area contributed by atoms with E-state index in [0.29, 0.717) is 19.5 Å². The Morgan fingerprint density at radius 1 is 1.00 bits per heavy atom. The molecule has 35 heavy (non-hydrogen) atoms. The molecule has 0 saturated carbocycles. The summed E-state index contributed by atoms with van der Waals surface area (Å²) in [5, 5.41) is 8.01. The number of rotatable bonds is 5. The number of hydrogen-bond donors (Lipinski definition) is 2. The standard InChI is InChI=1S/C29H24N4O2/c1-2-20-12-13-22-9-5-10-24(25(22)15-20)19-32-29(35)33-26-11-4-3-8-23(26)16-27(33)28(34)31-18-21-7-6-14-30-17-21/h1,3-15,17,27H,16,18-19H2,(H,31,34)(H,32,35)/t27-/m0/s1. The summed E-state index contributed by atoms with van der Waals surface area (Å²) in [7, 11) is 0. The number of terminal acetylenes is 1. The van der Waals surface area contributed by atoms with E-state index in [0.717, 1.165) is 38.7 Å². The molecule has 0 fully saturated rings. The van der Waals surface area contributed by atoms with E-state index in [1.165, 1.54) is 0 Å². The van der Waals surface area contributed by atoms with Crippen LogP contribution in [0.3, 0.4) is 0 Å². The maximum absolute atomic E-state index is 13.4. The first-order valence-electron chi connectivity index (χ1n) is 11.4. The molecule has 6 nitrogen and oxygen atoms in total. The minimum atomic E-state index is -0.635. The van der Waals surface area contributed by atoms with E-state index in [1.54, 1.807) is 17.3 Å². The summed E-state index contributed by atoms with van der Waals surface area (Å²) in [5.74, 6) is 2.46. The summed E-state index contributed by atoms with van der Waals surface area (Å²) >= 11 is 0. The Labute approximate surface area is 204 Å². The van der Waals surface area contributed by atoms with Crippen LogP contribution in [0, 0.1) is 12.3 Å². The predicted molar refractivity (Wildman–Crippen MR) is 137 cm³/mol. The largest absolute Gasteiger partial charge is 0.350 e. The molecule has 1 atom stereocenters. The van der Waals surface area contributed by atoms with Crippen LogP contribution < -0.4 is 15.5 Å². The Balaban J connectivity index is 1.35. The third kappa shape index (κ3) is 4.57. The average molecular weight is 461 g/mol. The molecule has 1 aliphatic rings. The van der Waals surface area contributed by atoms with Crippen LogP contribution in [0.25, 0.3) is 10.8 Å². The second kappa shape index (κ2) is 9.70. The van der Waals surface area contributed by atoms with Gasteiger partial charge in [-0.1, -0.05) is 54.5 Å². The molecule has 172 valence electrons. The Hall–Kier alpha value is -4.63. The van der Waals surface area contributed by atoms with Gasteiger partial charge in [0.05, 0.1) is 0 Å². The molecule has 3 amide bonds. The average Bonchev–Trinajstić information content (AvgIpc) is 3.30. The first-order chi connectivity index (χ1) is 17.1. The van der Waals surface area contributed by atoms with E-state index in [2.05, 4.69) is 21.5 Å². The van der Waals surface area contributed by atoms with Gasteiger partial charge in [-0.2, -0.15) is 0 Å². The first kappa shape index (κ1) is 22.2. The van der Waals surface area contributed by atoms with Crippen molar-refractivity contribution in [3.8, 4) is 12.3 Å². The van der Waals surface area contributed by atoms with Crippen LogP contribution in [0.5, 0.6) is 0 Å². The van der Waals surface area contributed by atoms with Crippen molar-refractivity contribution in [2.24, 2.45) is 0 Å².